The zero-order chi connectivity index (χ0) is 17.8. The molecule has 134 valence electrons. The highest BCUT2D eigenvalue weighted by Crippen LogP contribution is 2.21. The maximum atomic E-state index is 11.9. The number of esters is 1. The summed E-state index contributed by atoms with van der Waals surface area (Å²) in [5, 5.41) is 12.2. The maximum absolute atomic E-state index is 11.9. The molecule has 6 nitrogen and oxygen atoms in total. The third-order valence-electron chi connectivity index (χ3n) is 3.36. The van der Waals surface area contributed by atoms with Crippen LogP contribution in [0.1, 0.15) is 62.7 Å². The quantitative estimate of drug-likeness (QED) is 0.486. The van der Waals surface area contributed by atoms with Crippen molar-refractivity contribution < 1.29 is 24.2 Å². The van der Waals surface area contributed by atoms with Crippen LogP contribution in [0.2, 0.25) is 0 Å². The number of hydrogen-bond donors (Lipinski definition) is 2. The molecular formula is C18H27NO5. The van der Waals surface area contributed by atoms with E-state index in [2.05, 4.69) is 12.2 Å². The van der Waals surface area contributed by atoms with Crippen LogP contribution in [0.25, 0.3) is 0 Å². The third-order valence-corrected chi connectivity index (χ3v) is 3.36. The Labute approximate surface area is 143 Å². The molecule has 0 aliphatic heterocycles. The zero-order valence-corrected chi connectivity index (χ0v) is 14.5. The lowest BCUT2D eigenvalue weighted by molar-refractivity contribution is 0.0499. The molecule has 0 saturated heterocycles. The Balaban J connectivity index is 2.52. The summed E-state index contributed by atoms with van der Waals surface area (Å²) in [6.07, 6.45) is 5.15. The van der Waals surface area contributed by atoms with Crippen LogP contribution in [-0.2, 0) is 9.47 Å². The Bertz CT molecular complexity index is 530. The highest BCUT2D eigenvalue weighted by molar-refractivity contribution is 5.93. The second kappa shape index (κ2) is 11.3. The Morgan fingerprint density at radius 1 is 0.958 bits per heavy atom. The van der Waals surface area contributed by atoms with Gasteiger partial charge in [0.15, 0.2) is 0 Å². The van der Waals surface area contributed by atoms with Gasteiger partial charge in [-0.25, -0.2) is 9.59 Å². The summed E-state index contributed by atoms with van der Waals surface area (Å²) in [6, 6.07) is 4.10. The lowest BCUT2D eigenvalue weighted by atomic mass is 10.2. The van der Waals surface area contributed by atoms with Gasteiger partial charge in [0.1, 0.15) is 5.75 Å². The van der Waals surface area contributed by atoms with Crippen LogP contribution < -0.4 is 5.32 Å². The summed E-state index contributed by atoms with van der Waals surface area (Å²) in [4.78, 5) is 23.6. The highest BCUT2D eigenvalue weighted by atomic mass is 16.5. The van der Waals surface area contributed by atoms with E-state index < -0.39 is 12.1 Å². The highest BCUT2D eigenvalue weighted by Gasteiger charge is 2.12. The minimum absolute atomic E-state index is 0.127. The fourth-order valence-electron chi connectivity index (χ4n) is 2.04. The van der Waals surface area contributed by atoms with Gasteiger partial charge in [-0.2, -0.15) is 0 Å². The number of unbranched alkanes of at least 4 members (excludes halogenated alkanes) is 4. The first-order valence-electron chi connectivity index (χ1n) is 8.51. The first-order chi connectivity index (χ1) is 11.6. The van der Waals surface area contributed by atoms with Gasteiger partial charge in [0.2, 0.25) is 0 Å². The second-order valence-corrected chi connectivity index (χ2v) is 5.58. The van der Waals surface area contributed by atoms with Crippen LogP contribution in [0.5, 0.6) is 5.75 Å². The SMILES string of the molecule is CCCCCCOC(=O)Nc1cc(O)cc(C(=O)OCCCC)c1. The van der Waals surface area contributed by atoms with Crippen molar-refractivity contribution in [2.24, 2.45) is 0 Å². The van der Waals surface area contributed by atoms with E-state index in [9.17, 15) is 14.7 Å². The van der Waals surface area contributed by atoms with Gasteiger partial charge in [0.05, 0.1) is 18.8 Å². The normalized spacial score (nSPS) is 10.2. The largest absolute Gasteiger partial charge is 0.508 e. The summed E-state index contributed by atoms with van der Waals surface area (Å²) in [7, 11) is 0. The lowest BCUT2D eigenvalue weighted by Crippen LogP contribution is -2.15. The molecule has 0 saturated carbocycles. The summed E-state index contributed by atoms with van der Waals surface area (Å²) >= 11 is 0. The van der Waals surface area contributed by atoms with E-state index in [4.69, 9.17) is 9.47 Å². The van der Waals surface area contributed by atoms with E-state index in [0.717, 1.165) is 38.5 Å². The molecule has 0 radical (unpaired) electrons. The number of phenolic OH excluding ortho intramolecular Hbond substituents is 1. The molecule has 0 unspecified atom stereocenters. The molecule has 2 N–H and O–H groups in total. The maximum Gasteiger partial charge on any atom is 0.411 e. The number of benzene rings is 1. The van der Waals surface area contributed by atoms with Gasteiger partial charge >= 0.3 is 12.1 Å². The van der Waals surface area contributed by atoms with Crippen molar-refractivity contribution in [2.45, 2.75) is 52.4 Å². The molecule has 6 heteroatoms. The van der Waals surface area contributed by atoms with Gasteiger partial charge in [-0.05, 0) is 25.0 Å². The Kier molecular flexibility index (Phi) is 9.34. The van der Waals surface area contributed by atoms with Gasteiger partial charge in [0.25, 0.3) is 0 Å². The molecule has 1 amide bonds. The molecule has 1 rings (SSSR count). The summed E-state index contributed by atoms with van der Waals surface area (Å²) in [5.74, 6) is -0.659. The fraction of sp³-hybridized carbons (Fsp3) is 0.556. The smallest absolute Gasteiger partial charge is 0.411 e. The van der Waals surface area contributed by atoms with E-state index in [-0.39, 0.29) is 17.0 Å². The summed E-state index contributed by atoms with van der Waals surface area (Å²) < 4.78 is 10.2. The van der Waals surface area contributed by atoms with Crippen molar-refractivity contribution in [2.75, 3.05) is 18.5 Å². The van der Waals surface area contributed by atoms with E-state index in [1.165, 1.54) is 18.2 Å². The number of hydrogen-bond acceptors (Lipinski definition) is 5. The van der Waals surface area contributed by atoms with Crippen molar-refractivity contribution in [3.05, 3.63) is 23.8 Å². The van der Waals surface area contributed by atoms with Crippen molar-refractivity contribution in [1.29, 1.82) is 0 Å². The standard InChI is InChI=1S/C18H27NO5/c1-3-5-7-8-10-24-18(22)19-15-11-14(12-16(20)13-15)17(21)23-9-6-4-2/h11-13,20H,3-10H2,1-2H3,(H,19,22). The predicted molar refractivity (Wildman–Crippen MR) is 92.4 cm³/mol. The molecule has 0 aliphatic carbocycles. The minimum atomic E-state index is -0.609. The Morgan fingerprint density at radius 3 is 2.38 bits per heavy atom. The van der Waals surface area contributed by atoms with Gasteiger partial charge in [-0.3, -0.25) is 5.32 Å². The molecule has 0 aromatic heterocycles. The second-order valence-electron chi connectivity index (χ2n) is 5.58. The molecule has 0 fully saturated rings. The number of nitrogens with one attached hydrogen (secondary N) is 1. The number of carbonyl (C=O) groups excluding carboxylic acids is 2. The molecular weight excluding hydrogens is 310 g/mol. The average Bonchev–Trinajstić information content (AvgIpc) is 2.54. The van der Waals surface area contributed by atoms with Gasteiger partial charge < -0.3 is 14.6 Å². The number of phenols is 1. The van der Waals surface area contributed by atoms with Crippen molar-refractivity contribution in [3.8, 4) is 5.75 Å². The van der Waals surface area contributed by atoms with Gasteiger partial charge in [-0.1, -0.05) is 39.5 Å². The molecule has 0 heterocycles. The van der Waals surface area contributed by atoms with E-state index in [1.54, 1.807) is 0 Å². The average molecular weight is 337 g/mol. The van der Waals surface area contributed by atoms with E-state index in [0.29, 0.717) is 13.2 Å². The topological polar surface area (TPSA) is 84.9 Å². The fourth-order valence-corrected chi connectivity index (χ4v) is 2.04. The van der Waals surface area contributed by atoms with Gasteiger partial charge in [0, 0.05) is 11.8 Å². The van der Waals surface area contributed by atoms with Crippen LogP contribution in [-0.4, -0.2) is 30.4 Å². The molecule has 1 aromatic rings. The Morgan fingerprint density at radius 2 is 1.67 bits per heavy atom. The van der Waals surface area contributed by atoms with Crippen LogP contribution >= 0.6 is 0 Å². The molecule has 0 bridgehead atoms. The Hall–Kier alpha value is -2.24. The van der Waals surface area contributed by atoms with Crippen LogP contribution in [0.3, 0.4) is 0 Å². The van der Waals surface area contributed by atoms with Crippen molar-refractivity contribution in [1.82, 2.24) is 0 Å². The van der Waals surface area contributed by atoms with E-state index in [1.807, 2.05) is 6.92 Å². The number of anilines is 1. The summed E-state index contributed by atoms with van der Waals surface area (Å²) in [5.41, 5.74) is 0.473. The lowest BCUT2D eigenvalue weighted by Gasteiger charge is -2.09. The number of amides is 1. The summed E-state index contributed by atoms with van der Waals surface area (Å²) in [6.45, 7) is 4.78. The number of rotatable bonds is 10. The molecule has 0 spiro atoms. The third kappa shape index (κ3) is 7.85. The minimum Gasteiger partial charge on any atom is -0.508 e. The molecule has 0 atom stereocenters. The van der Waals surface area contributed by atoms with Gasteiger partial charge in [-0.15, -0.1) is 0 Å². The molecule has 24 heavy (non-hydrogen) atoms. The number of carbonyl (C=O) groups is 2. The first-order valence-corrected chi connectivity index (χ1v) is 8.51. The van der Waals surface area contributed by atoms with Crippen molar-refractivity contribution >= 4 is 17.7 Å². The number of ether oxygens (including phenoxy) is 2. The predicted octanol–water partition coefficient (Wildman–Crippen LogP) is 4.48. The van der Waals surface area contributed by atoms with Crippen LogP contribution in [0.4, 0.5) is 10.5 Å². The van der Waals surface area contributed by atoms with E-state index >= 15 is 0 Å². The zero-order valence-electron chi connectivity index (χ0n) is 14.5. The first kappa shape index (κ1) is 19.8. The monoisotopic (exact) mass is 337 g/mol. The van der Waals surface area contributed by atoms with Crippen LogP contribution in [0.15, 0.2) is 18.2 Å². The van der Waals surface area contributed by atoms with Crippen molar-refractivity contribution in [3.63, 3.8) is 0 Å². The molecule has 0 aliphatic rings. The number of aromatic hydroxyl groups is 1. The van der Waals surface area contributed by atoms with Crippen LogP contribution in [0, 0.1) is 0 Å². The molecule has 1 aromatic carbocycles.